The van der Waals surface area contributed by atoms with Gasteiger partial charge in [-0.2, -0.15) is 0 Å². The van der Waals surface area contributed by atoms with E-state index in [1.807, 2.05) is 0 Å². The Morgan fingerprint density at radius 3 is 1.84 bits per heavy atom. The molecule has 0 aliphatic carbocycles. The minimum absolute atomic E-state index is 0.133. The molecule has 0 aliphatic heterocycles. The fourth-order valence-corrected chi connectivity index (χ4v) is 11.9. The van der Waals surface area contributed by atoms with Gasteiger partial charge in [0.25, 0.3) is 0 Å². The van der Waals surface area contributed by atoms with Crippen LogP contribution < -0.4 is 10.4 Å². The van der Waals surface area contributed by atoms with E-state index in [4.69, 9.17) is 4.43 Å². The van der Waals surface area contributed by atoms with Crippen molar-refractivity contribution in [1.82, 2.24) is 0 Å². The minimum atomic E-state index is -2.09. The minimum Gasteiger partial charge on any atom is -0.409 e. The molecule has 1 nitrogen and oxygen atoms in total. The zero-order valence-electron chi connectivity index (χ0n) is 20.6. The molecule has 0 saturated carbocycles. The highest BCUT2D eigenvalue weighted by Crippen LogP contribution is 2.37. The number of unbranched alkanes of at least 4 members (excludes halogenated alkanes) is 5. The highest BCUT2D eigenvalue weighted by atomic mass is 28.4. The van der Waals surface area contributed by atoms with Crippen molar-refractivity contribution in [2.75, 3.05) is 0 Å². The summed E-state index contributed by atoms with van der Waals surface area (Å²) in [6.45, 7) is 16.2. The van der Waals surface area contributed by atoms with Gasteiger partial charge in [-0.05, 0) is 31.1 Å². The zero-order chi connectivity index (χ0) is 22.8. The first-order chi connectivity index (χ1) is 14.8. The molecule has 0 aromatic heterocycles. The fourth-order valence-electron chi connectivity index (χ4n) is 4.82. The predicted octanol–water partition coefficient (Wildman–Crippen LogP) is 7.34. The van der Waals surface area contributed by atoms with E-state index in [-0.39, 0.29) is 5.22 Å². The lowest BCUT2D eigenvalue weighted by Gasteiger charge is -2.50. The van der Waals surface area contributed by atoms with Crippen molar-refractivity contribution >= 4 is 26.8 Å². The van der Waals surface area contributed by atoms with Crippen LogP contribution >= 0.6 is 0 Å². The quantitative estimate of drug-likeness (QED) is 0.165. The Bertz CT molecular complexity index is 770. The SMILES string of the molecule is C=CCC(CCCCCCCC)(O[Si](C)(C)c1ccccc1)[Si](C)(C)c1ccccc1. The van der Waals surface area contributed by atoms with Crippen LogP contribution in [-0.4, -0.2) is 21.6 Å². The highest BCUT2D eigenvalue weighted by Gasteiger charge is 2.50. The van der Waals surface area contributed by atoms with Gasteiger partial charge in [-0.25, -0.2) is 0 Å². The maximum absolute atomic E-state index is 7.43. The normalized spacial score (nSPS) is 14.2. The summed E-state index contributed by atoms with van der Waals surface area (Å²) in [6.07, 6.45) is 12.1. The second-order valence-electron chi connectivity index (χ2n) is 9.97. The summed E-state index contributed by atoms with van der Waals surface area (Å²) in [6, 6.07) is 22.1. The molecule has 2 aromatic carbocycles. The number of hydrogen-bond donors (Lipinski definition) is 0. The maximum atomic E-state index is 7.43. The molecular formula is C28H44OSi2. The van der Waals surface area contributed by atoms with Gasteiger partial charge in [-0.3, -0.25) is 0 Å². The lowest BCUT2D eigenvalue weighted by molar-refractivity contribution is 0.128. The fraction of sp³-hybridized carbons (Fsp3) is 0.500. The Balaban J connectivity index is 2.39. The van der Waals surface area contributed by atoms with Crippen LogP contribution in [0.2, 0.25) is 26.2 Å². The monoisotopic (exact) mass is 452 g/mol. The second-order valence-corrected chi connectivity index (χ2v) is 18.5. The molecule has 0 radical (unpaired) electrons. The van der Waals surface area contributed by atoms with Crippen LogP contribution in [0.1, 0.15) is 58.3 Å². The predicted molar refractivity (Wildman–Crippen MR) is 144 cm³/mol. The van der Waals surface area contributed by atoms with Gasteiger partial charge in [0.2, 0.25) is 8.32 Å². The summed E-state index contributed by atoms with van der Waals surface area (Å²) in [5, 5.41) is 2.73. The summed E-state index contributed by atoms with van der Waals surface area (Å²) in [4.78, 5) is 0. The van der Waals surface area contributed by atoms with Gasteiger partial charge in [0.15, 0.2) is 0 Å². The van der Waals surface area contributed by atoms with E-state index < -0.39 is 16.4 Å². The average Bonchev–Trinajstić information content (AvgIpc) is 2.77. The molecule has 0 bridgehead atoms. The molecule has 31 heavy (non-hydrogen) atoms. The van der Waals surface area contributed by atoms with E-state index in [9.17, 15) is 0 Å². The van der Waals surface area contributed by atoms with E-state index in [0.717, 1.165) is 12.8 Å². The first-order valence-electron chi connectivity index (χ1n) is 12.2. The molecule has 2 rings (SSSR count). The van der Waals surface area contributed by atoms with E-state index in [2.05, 4.69) is 106 Å². The van der Waals surface area contributed by atoms with Gasteiger partial charge in [0, 0.05) is 0 Å². The second kappa shape index (κ2) is 12.0. The summed E-state index contributed by atoms with van der Waals surface area (Å²) >= 11 is 0. The molecule has 170 valence electrons. The number of rotatable bonds is 14. The molecule has 0 saturated heterocycles. The number of hydrogen-bond acceptors (Lipinski definition) is 1. The van der Waals surface area contributed by atoms with Crippen molar-refractivity contribution in [1.29, 1.82) is 0 Å². The molecule has 1 atom stereocenters. The lowest BCUT2D eigenvalue weighted by Crippen LogP contribution is -2.67. The molecule has 0 aliphatic rings. The van der Waals surface area contributed by atoms with E-state index >= 15 is 0 Å². The molecule has 1 unspecified atom stereocenters. The lowest BCUT2D eigenvalue weighted by atomic mass is 10.0. The molecule has 2 aromatic rings. The first-order valence-corrected chi connectivity index (χ1v) is 18.1. The molecule has 0 fully saturated rings. The van der Waals surface area contributed by atoms with Crippen molar-refractivity contribution in [3.63, 3.8) is 0 Å². The van der Waals surface area contributed by atoms with Crippen molar-refractivity contribution in [2.24, 2.45) is 0 Å². The van der Waals surface area contributed by atoms with Crippen molar-refractivity contribution in [2.45, 2.75) is 89.7 Å². The largest absolute Gasteiger partial charge is 0.409 e. The van der Waals surface area contributed by atoms with Crippen molar-refractivity contribution in [3.8, 4) is 0 Å². The Morgan fingerprint density at radius 2 is 1.29 bits per heavy atom. The summed E-state index contributed by atoms with van der Waals surface area (Å²) in [5.74, 6) is 0. The van der Waals surface area contributed by atoms with Crippen LogP contribution in [0, 0.1) is 0 Å². The molecular weight excluding hydrogens is 408 g/mol. The van der Waals surface area contributed by atoms with Crippen LogP contribution in [0.5, 0.6) is 0 Å². The van der Waals surface area contributed by atoms with E-state index in [1.165, 1.54) is 48.9 Å². The molecule has 0 heterocycles. The average molecular weight is 453 g/mol. The van der Waals surface area contributed by atoms with Gasteiger partial charge in [0.1, 0.15) is 8.07 Å². The van der Waals surface area contributed by atoms with E-state index in [0.29, 0.717) is 0 Å². The summed E-state index contributed by atoms with van der Waals surface area (Å²) < 4.78 is 7.43. The van der Waals surface area contributed by atoms with Gasteiger partial charge in [0.05, 0.1) is 5.22 Å². The first kappa shape index (κ1) is 25.8. The van der Waals surface area contributed by atoms with Gasteiger partial charge in [-0.15, -0.1) is 6.58 Å². The van der Waals surface area contributed by atoms with Gasteiger partial charge in [-0.1, -0.05) is 130 Å². The zero-order valence-corrected chi connectivity index (χ0v) is 22.6. The van der Waals surface area contributed by atoms with Gasteiger partial charge < -0.3 is 4.43 Å². The van der Waals surface area contributed by atoms with Crippen LogP contribution in [0.4, 0.5) is 0 Å². The third kappa shape index (κ3) is 6.77. The summed E-state index contributed by atoms with van der Waals surface area (Å²) in [7, 11) is -4.05. The maximum Gasteiger partial charge on any atom is 0.218 e. The molecule has 3 heteroatoms. The topological polar surface area (TPSA) is 9.23 Å². The standard InChI is InChI=1S/C28H44OSi2/c1-7-9-10-11-12-19-25-28(24-8-2,30(3,4)26-20-15-13-16-21-26)29-31(5,6)27-22-17-14-18-23-27/h8,13-18,20-23H,2,7,9-12,19,24-25H2,1,3-6H3. The Kier molecular flexibility index (Phi) is 9.99. The van der Waals surface area contributed by atoms with Crippen LogP contribution in [0.3, 0.4) is 0 Å². The molecule has 0 amide bonds. The number of benzene rings is 2. The third-order valence-electron chi connectivity index (χ3n) is 6.96. The molecule has 0 N–H and O–H groups in total. The van der Waals surface area contributed by atoms with Crippen LogP contribution in [0.25, 0.3) is 0 Å². The van der Waals surface area contributed by atoms with Crippen molar-refractivity contribution in [3.05, 3.63) is 73.3 Å². The smallest absolute Gasteiger partial charge is 0.218 e. The Hall–Kier alpha value is -1.43. The van der Waals surface area contributed by atoms with Crippen LogP contribution in [0.15, 0.2) is 73.3 Å². The third-order valence-corrected chi connectivity index (χ3v) is 14.4. The van der Waals surface area contributed by atoms with Crippen molar-refractivity contribution < 1.29 is 4.43 Å². The summed E-state index contributed by atoms with van der Waals surface area (Å²) in [5.41, 5.74) is 0. The highest BCUT2D eigenvalue weighted by molar-refractivity contribution is 6.93. The Morgan fingerprint density at radius 1 is 0.774 bits per heavy atom. The molecule has 0 spiro atoms. The van der Waals surface area contributed by atoms with E-state index in [1.54, 1.807) is 0 Å². The Labute approximate surface area is 194 Å². The van der Waals surface area contributed by atoms with Crippen LogP contribution in [-0.2, 0) is 4.43 Å². The van der Waals surface area contributed by atoms with Gasteiger partial charge >= 0.3 is 0 Å².